The van der Waals surface area contributed by atoms with E-state index >= 15 is 0 Å². The fourth-order valence-electron chi connectivity index (χ4n) is 3.30. The van der Waals surface area contributed by atoms with Gasteiger partial charge < -0.3 is 10.2 Å². The molecule has 26 heavy (non-hydrogen) atoms. The SMILES string of the molecule is C[C@@H](C(=O)NCCc1ccc(F)cc1)N1CCN(c2ccccc2)CC1. The highest BCUT2D eigenvalue weighted by atomic mass is 19.1. The average molecular weight is 355 g/mol. The average Bonchev–Trinajstić information content (AvgIpc) is 2.69. The number of amides is 1. The van der Waals surface area contributed by atoms with Gasteiger partial charge >= 0.3 is 0 Å². The third-order valence-corrected chi connectivity index (χ3v) is 4.99. The molecule has 0 aromatic heterocycles. The summed E-state index contributed by atoms with van der Waals surface area (Å²) in [6, 6.07) is 16.7. The van der Waals surface area contributed by atoms with Crippen molar-refractivity contribution >= 4 is 11.6 Å². The first-order chi connectivity index (χ1) is 12.6. The molecule has 138 valence electrons. The van der Waals surface area contributed by atoms with Gasteiger partial charge in [-0.2, -0.15) is 0 Å². The molecule has 0 bridgehead atoms. The van der Waals surface area contributed by atoms with Gasteiger partial charge in [-0.25, -0.2) is 4.39 Å². The number of carbonyl (C=O) groups is 1. The second-order valence-corrected chi connectivity index (χ2v) is 6.70. The predicted octanol–water partition coefficient (Wildman–Crippen LogP) is 2.70. The summed E-state index contributed by atoms with van der Waals surface area (Å²) in [7, 11) is 0. The van der Waals surface area contributed by atoms with Crippen LogP contribution in [0.15, 0.2) is 54.6 Å². The van der Waals surface area contributed by atoms with Gasteiger partial charge in [0.15, 0.2) is 0 Å². The maximum atomic E-state index is 12.9. The molecule has 0 saturated carbocycles. The van der Waals surface area contributed by atoms with Crippen molar-refractivity contribution in [1.29, 1.82) is 0 Å². The minimum Gasteiger partial charge on any atom is -0.369 e. The van der Waals surface area contributed by atoms with Crippen LogP contribution in [0.4, 0.5) is 10.1 Å². The van der Waals surface area contributed by atoms with Crippen molar-refractivity contribution in [3.8, 4) is 0 Å². The standard InChI is InChI=1S/C21H26FN3O/c1-17(21(26)23-12-11-18-7-9-19(22)10-8-18)24-13-15-25(16-14-24)20-5-3-2-4-6-20/h2-10,17H,11-16H2,1H3,(H,23,26)/t17-/m0/s1. The van der Waals surface area contributed by atoms with Crippen molar-refractivity contribution in [3.63, 3.8) is 0 Å². The van der Waals surface area contributed by atoms with Crippen molar-refractivity contribution in [2.45, 2.75) is 19.4 Å². The summed E-state index contributed by atoms with van der Waals surface area (Å²) in [4.78, 5) is 17.0. The topological polar surface area (TPSA) is 35.6 Å². The second kappa shape index (κ2) is 8.81. The monoisotopic (exact) mass is 355 g/mol. The molecule has 2 aromatic rings. The van der Waals surface area contributed by atoms with E-state index in [0.29, 0.717) is 13.0 Å². The Morgan fingerprint density at radius 3 is 2.35 bits per heavy atom. The van der Waals surface area contributed by atoms with Crippen LogP contribution in [0.25, 0.3) is 0 Å². The number of nitrogens with one attached hydrogen (secondary N) is 1. The maximum absolute atomic E-state index is 12.9. The number of halogens is 1. The van der Waals surface area contributed by atoms with E-state index < -0.39 is 0 Å². The lowest BCUT2D eigenvalue weighted by molar-refractivity contribution is -0.125. The Bertz CT molecular complexity index is 697. The number of nitrogens with zero attached hydrogens (tertiary/aromatic N) is 2. The Balaban J connectivity index is 1.42. The number of carbonyl (C=O) groups excluding carboxylic acids is 1. The van der Waals surface area contributed by atoms with Crippen molar-refractivity contribution in [2.75, 3.05) is 37.6 Å². The number of hydrogen-bond donors (Lipinski definition) is 1. The molecular weight excluding hydrogens is 329 g/mol. The lowest BCUT2D eigenvalue weighted by Gasteiger charge is -2.38. The summed E-state index contributed by atoms with van der Waals surface area (Å²) < 4.78 is 12.9. The van der Waals surface area contributed by atoms with Crippen LogP contribution < -0.4 is 10.2 Å². The van der Waals surface area contributed by atoms with Gasteiger partial charge in [-0.15, -0.1) is 0 Å². The molecule has 1 amide bonds. The van der Waals surface area contributed by atoms with E-state index in [0.717, 1.165) is 31.7 Å². The first-order valence-corrected chi connectivity index (χ1v) is 9.20. The second-order valence-electron chi connectivity index (χ2n) is 6.70. The summed E-state index contributed by atoms with van der Waals surface area (Å²) in [5.74, 6) is -0.179. The largest absolute Gasteiger partial charge is 0.369 e. The van der Waals surface area contributed by atoms with E-state index in [1.54, 1.807) is 12.1 Å². The Morgan fingerprint density at radius 2 is 1.69 bits per heavy atom. The quantitative estimate of drug-likeness (QED) is 0.865. The molecule has 0 radical (unpaired) electrons. The van der Waals surface area contributed by atoms with Crippen molar-refractivity contribution in [3.05, 3.63) is 66.0 Å². The lowest BCUT2D eigenvalue weighted by atomic mass is 10.1. The molecular formula is C21H26FN3O. The molecule has 4 nitrogen and oxygen atoms in total. The van der Waals surface area contributed by atoms with Crippen LogP contribution in [-0.2, 0) is 11.2 Å². The van der Waals surface area contributed by atoms with E-state index in [1.165, 1.54) is 17.8 Å². The van der Waals surface area contributed by atoms with Crippen LogP contribution >= 0.6 is 0 Å². The predicted molar refractivity (Wildman–Crippen MR) is 103 cm³/mol. The zero-order chi connectivity index (χ0) is 18.4. The minimum absolute atomic E-state index is 0.0558. The summed E-state index contributed by atoms with van der Waals surface area (Å²) >= 11 is 0. The number of benzene rings is 2. The number of anilines is 1. The van der Waals surface area contributed by atoms with Crippen molar-refractivity contribution in [1.82, 2.24) is 10.2 Å². The number of para-hydroxylation sites is 1. The number of hydrogen-bond acceptors (Lipinski definition) is 3. The molecule has 2 aromatic carbocycles. The van der Waals surface area contributed by atoms with Crippen LogP contribution in [0.5, 0.6) is 0 Å². The first-order valence-electron chi connectivity index (χ1n) is 9.20. The van der Waals surface area contributed by atoms with Crippen LogP contribution in [0.2, 0.25) is 0 Å². The number of piperazine rings is 1. The Labute approximate surface area is 154 Å². The van der Waals surface area contributed by atoms with Gasteiger partial charge in [0.1, 0.15) is 5.82 Å². The molecule has 1 fully saturated rings. The van der Waals surface area contributed by atoms with Gasteiger partial charge in [0.2, 0.25) is 5.91 Å². The summed E-state index contributed by atoms with van der Waals surface area (Å²) in [5.41, 5.74) is 2.26. The fraction of sp³-hybridized carbons (Fsp3) is 0.381. The lowest BCUT2D eigenvalue weighted by Crippen LogP contribution is -2.54. The van der Waals surface area contributed by atoms with Gasteiger partial charge in [-0.3, -0.25) is 9.69 Å². The van der Waals surface area contributed by atoms with E-state index in [4.69, 9.17) is 0 Å². The smallest absolute Gasteiger partial charge is 0.237 e. The Hall–Kier alpha value is -2.40. The zero-order valence-corrected chi connectivity index (χ0v) is 15.2. The van der Waals surface area contributed by atoms with Gasteiger partial charge in [-0.1, -0.05) is 30.3 Å². The normalized spacial score (nSPS) is 16.3. The molecule has 1 saturated heterocycles. The van der Waals surface area contributed by atoms with E-state index in [-0.39, 0.29) is 17.8 Å². The molecule has 3 rings (SSSR count). The van der Waals surface area contributed by atoms with Gasteiger partial charge in [0.25, 0.3) is 0 Å². The first kappa shape index (κ1) is 18.4. The molecule has 1 heterocycles. The van der Waals surface area contributed by atoms with Gasteiger partial charge in [-0.05, 0) is 43.2 Å². The summed E-state index contributed by atoms with van der Waals surface area (Å²) in [6.45, 7) is 6.14. The van der Waals surface area contributed by atoms with Crippen molar-refractivity contribution < 1.29 is 9.18 Å². The van der Waals surface area contributed by atoms with E-state index in [9.17, 15) is 9.18 Å². The highest BCUT2D eigenvalue weighted by Gasteiger charge is 2.25. The molecule has 0 unspecified atom stereocenters. The molecule has 1 N–H and O–H groups in total. The van der Waals surface area contributed by atoms with Crippen LogP contribution in [0.3, 0.4) is 0 Å². The Kier molecular flexibility index (Phi) is 6.23. The molecule has 0 spiro atoms. The molecule has 5 heteroatoms. The van der Waals surface area contributed by atoms with E-state index in [1.807, 2.05) is 13.0 Å². The summed E-state index contributed by atoms with van der Waals surface area (Å²) in [6.07, 6.45) is 0.709. The molecule has 1 atom stereocenters. The molecule has 1 aliphatic rings. The van der Waals surface area contributed by atoms with Gasteiger partial charge in [0, 0.05) is 38.4 Å². The van der Waals surface area contributed by atoms with E-state index in [2.05, 4.69) is 39.4 Å². The molecule has 1 aliphatic heterocycles. The maximum Gasteiger partial charge on any atom is 0.237 e. The van der Waals surface area contributed by atoms with Crippen LogP contribution in [0, 0.1) is 5.82 Å². The minimum atomic E-state index is -0.235. The highest BCUT2D eigenvalue weighted by molar-refractivity contribution is 5.81. The van der Waals surface area contributed by atoms with Gasteiger partial charge in [0.05, 0.1) is 6.04 Å². The molecule has 0 aliphatic carbocycles. The summed E-state index contributed by atoms with van der Waals surface area (Å²) in [5, 5.41) is 3.00. The fourth-order valence-corrected chi connectivity index (χ4v) is 3.30. The van der Waals surface area contributed by atoms with Crippen LogP contribution in [0.1, 0.15) is 12.5 Å². The Morgan fingerprint density at radius 1 is 1.04 bits per heavy atom. The van der Waals surface area contributed by atoms with Crippen LogP contribution in [-0.4, -0.2) is 49.6 Å². The van der Waals surface area contributed by atoms with Crippen molar-refractivity contribution in [2.24, 2.45) is 0 Å². The third kappa shape index (κ3) is 4.82. The zero-order valence-electron chi connectivity index (χ0n) is 15.2. The highest BCUT2D eigenvalue weighted by Crippen LogP contribution is 2.16. The number of rotatable bonds is 6. The third-order valence-electron chi connectivity index (χ3n) is 4.99.